The number of rotatable bonds is 2. The first-order valence-electron chi connectivity index (χ1n) is 8.40. The first-order valence-corrected chi connectivity index (χ1v) is 9.21. The lowest BCUT2D eigenvalue weighted by atomic mass is 9.88. The van der Waals surface area contributed by atoms with Crippen molar-refractivity contribution >= 4 is 31.8 Å². The highest BCUT2D eigenvalue weighted by Crippen LogP contribution is 2.32. The van der Waals surface area contributed by atoms with Crippen LogP contribution in [0.3, 0.4) is 0 Å². The number of hydrogen-bond acceptors (Lipinski definition) is 4. The molecule has 1 aliphatic rings. The molecule has 0 fully saturated rings. The summed E-state index contributed by atoms with van der Waals surface area (Å²) < 4.78 is 0.502. The van der Waals surface area contributed by atoms with Gasteiger partial charge in [0.2, 0.25) is 0 Å². The molecule has 26 heavy (non-hydrogen) atoms. The van der Waals surface area contributed by atoms with Gasteiger partial charge in [0.15, 0.2) is 0 Å². The van der Waals surface area contributed by atoms with E-state index in [9.17, 15) is 9.59 Å². The van der Waals surface area contributed by atoms with Crippen LogP contribution in [0, 0.1) is 24.7 Å². The summed E-state index contributed by atoms with van der Waals surface area (Å²) in [5.41, 5.74) is 2.91. The third kappa shape index (κ3) is 2.80. The number of aromatic nitrogens is 3. The van der Waals surface area contributed by atoms with E-state index in [-0.39, 0.29) is 11.5 Å². The monoisotopic (exact) mass is 363 g/mol. The predicted octanol–water partition coefficient (Wildman–Crippen LogP) is 3.20. The Labute approximate surface area is 153 Å². The Hall–Kier alpha value is -2.91. The summed E-state index contributed by atoms with van der Waals surface area (Å²) in [6, 6.07) is 2.03. The van der Waals surface area contributed by atoms with E-state index in [4.69, 9.17) is 4.98 Å². The van der Waals surface area contributed by atoms with E-state index in [1.54, 1.807) is 0 Å². The maximum atomic E-state index is 12.1. The minimum Gasteiger partial charge on any atom is -0.305 e. The number of aromatic amines is 2. The topological polar surface area (TPSA) is 78.6 Å². The number of H-pyrrole nitrogens is 2. The van der Waals surface area contributed by atoms with E-state index in [1.165, 1.54) is 16.9 Å². The van der Waals surface area contributed by atoms with Crippen LogP contribution in [0.4, 0.5) is 0 Å². The Bertz CT molecular complexity index is 1260. The van der Waals surface area contributed by atoms with Crippen LogP contribution in [0.2, 0.25) is 0 Å². The second kappa shape index (κ2) is 6.43. The van der Waals surface area contributed by atoms with E-state index in [0.717, 1.165) is 34.3 Å². The molecule has 130 valence electrons. The van der Waals surface area contributed by atoms with Gasteiger partial charge in [-0.1, -0.05) is 24.1 Å². The van der Waals surface area contributed by atoms with Gasteiger partial charge in [-0.15, -0.1) is 17.3 Å². The molecule has 5 nitrogen and oxygen atoms in total. The summed E-state index contributed by atoms with van der Waals surface area (Å²) in [5.74, 6) is 6.50. The molecular formula is C20H17N3O2S. The molecule has 1 atom stereocenters. The lowest BCUT2D eigenvalue weighted by Crippen LogP contribution is -2.20. The van der Waals surface area contributed by atoms with Crippen LogP contribution < -0.4 is 11.2 Å². The maximum Gasteiger partial charge on any atom is 0.326 e. The van der Waals surface area contributed by atoms with Gasteiger partial charge in [-0.2, -0.15) is 0 Å². The van der Waals surface area contributed by atoms with E-state index in [2.05, 4.69) is 40.0 Å². The van der Waals surface area contributed by atoms with Crippen molar-refractivity contribution in [1.82, 2.24) is 15.0 Å². The quantitative estimate of drug-likeness (QED) is 0.686. The summed E-state index contributed by atoms with van der Waals surface area (Å²) in [6.45, 7) is 3.84. The third-order valence-electron chi connectivity index (χ3n) is 4.55. The van der Waals surface area contributed by atoms with Crippen LogP contribution in [-0.4, -0.2) is 15.0 Å². The number of thiophene rings is 1. The molecular weight excluding hydrogens is 346 g/mol. The Morgan fingerprint density at radius 2 is 2.19 bits per heavy atom. The SMILES string of the molecule is CC#CC1CC=CC=C1Cc1cc(C)c2c(n1)sc1c(=O)[nH]c(=O)[nH]c12. The maximum absolute atomic E-state index is 12.1. The average molecular weight is 363 g/mol. The molecule has 0 amide bonds. The largest absolute Gasteiger partial charge is 0.326 e. The first-order chi connectivity index (χ1) is 12.6. The fourth-order valence-electron chi connectivity index (χ4n) is 3.41. The molecule has 3 aromatic heterocycles. The molecule has 0 aliphatic heterocycles. The zero-order valence-electron chi connectivity index (χ0n) is 14.5. The molecule has 1 aliphatic carbocycles. The van der Waals surface area contributed by atoms with E-state index >= 15 is 0 Å². The third-order valence-corrected chi connectivity index (χ3v) is 5.64. The van der Waals surface area contributed by atoms with Gasteiger partial charge in [-0.05, 0) is 37.5 Å². The van der Waals surface area contributed by atoms with Crippen molar-refractivity contribution in [1.29, 1.82) is 0 Å². The molecule has 0 bridgehead atoms. The van der Waals surface area contributed by atoms with Gasteiger partial charge in [0.1, 0.15) is 9.53 Å². The minimum atomic E-state index is -0.495. The van der Waals surface area contributed by atoms with Crippen molar-refractivity contribution in [3.8, 4) is 11.8 Å². The minimum absolute atomic E-state index is 0.226. The number of aryl methyl sites for hydroxylation is 1. The summed E-state index contributed by atoms with van der Waals surface area (Å²) >= 11 is 1.31. The van der Waals surface area contributed by atoms with Crippen LogP contribution in [0.1, 0.15) is 24.6 Å². The second-order valence-corrected chi connectivity index (χ2v) is 7.35. The molecule has 0 spiro atoms. The molecule has 0 saturated heterocycles. The van der Waals surface area contributed by atoms with Crippen molar-refractivity contribution < 1.29 is 0 Å². The van der Waals surface area contributed by atoms with Gasteiger partial charge in [0, 0.05) is 23.4 Å². The predicted molar refractivity (Wildman–Crippen MR) is 106 cm³/mol. The van der Waals surface area contributed by atoms with Crippen molar-refractivity contribution in [2.24, 2.45) is 5.92 Å². The molecule has 6 heteroatoms. The fraction of sp³-hybridized carbons (Fsp3) is 0.250. The molecule has 4 rings (SSSR count). The number of hydrogen-bond donors (Lipinski definition) is 2. The number of allylic oxidation sites excluding steroid dienone is 4. The Balaban J connectivity index is 1.84. The second-order valence-electron chi connectivity index (χ2n) is 6.35. The van der Waals surface area contributed by atoms with Gasteiger partial charge in [0.05, 0.1) is 5.52 Å². The zero-order valence-corrected chi connectivity index (χ0v) is 15.3. The molecule has 0 radical (unpaired) electrons. The molecule has 0 saturated carbocycles. The van der Waals surface area contributed by atoms with Crippen LogP contribution in [-0.2, 0) is 6.42 Å². The lowest BCUT2D eigenvalue weighted by molar-refractivity contribution is 0.756. The van der Waals surface area contributed by atoms with Gasteiger partial charge in [-0.3, -0.25) is 9.78 Å². The van der Waals surface area contributed by atoms with E-state index in [1.807, 2.05) is 19.9 Å². The lowest BCUT2D eigenvalue weighted by Gasteiger charge is -2.16. The summed E-state index contributed by atoms with van der Waals surface area (Å²) in [7, 11) is 0. The van der Waals surface area contributed by atoms with Crippen LogP contribution in [0.5, 0.6) is 0 Å². The number of nitrogens with zero attached hydrogens (tertiary/aromatic N) is 1. The summed E-state index contributed by atoms with van der Waals surface area (Å²) in [5, 5.41) is 0.847. The van der Waals surface area contributed by atoms with E-state index < -0.39 is 5.69 Å². The normalized spacial score (nSPS) is 16.5. The zero-order chi connectivity index (χ0) is 18.3. The molecule has 3 aromatic rings. The fourth-order valence-corrected chi connectivity index (χ4v) is 4.53. The number of nitrogens with one attached hydrogen (secondary N) is 2. The summed E-state index contributed by atoms with van der Waals surface area (Å²) in [6.07, 6.45) is 7.97. The number of fused-ring (bicyclic) bond motifs is 3. The van der Waals surface area contributed by atoms with Gasteiger partial charge in [0.25, 0.3) is 5.56 Å². The van der Waals surface area contributed by atoms with Crippen LogP contribution in [0.25, 0.3) is 20.4 Å². The standard InChI is InChI=1S/C20H17N3O2S/c1-3-6-12-7-4-5-8-13(12)10-14-9-11(2)15-16-17(26-19(15)21-14)18(24)23-20(25)22-16/h4-5,8-9,12H,7,10H2,1-2H3,(H2,22,23,24,25). The molecule has 3 heterocycles. The van der Waals surface area contributed by atoms with Gasteiger partial charge in [-0.25, -0.2) is 9.78 Å². The highest BCUT2D eigenvalue weighted by molar-refractivity contribution is 7.25. The van der Waals surface area contributed by atoms with Crippen LogP contribution >= 0.6 is 11.3 Å². The van der Waals surface area contributed by atoms with Crippen molar-refractivity contribution in [3.05, 3.63) is 62.0 Å². The first kappa shape index (κ1) is 16.6. The van der Waals surface area contributed by atoms with Crippen molar-refractivity contribution in [2.45, 2.75) is 26.7 Å². The Morgan fingerprint density at radius 3 is 3.00 bits per heavy atom. The Morgan fingerprint density at radius 1 is 1.35 bits per heavy atom. The molecule has 2 N–H and O–H groups in total. The van der Waals surface area contributed by atoms with Crippen LogP contribution in [0.15, 0.2) is 39.5 Å². The summed E-state index contributed by atoms with van der Waals surface area (Å²) in [4.78, 5) is 34.3. The highest BCUT2D eigenvalue weighted by Gasteiger charge is 2.17. The van der Waals surface area contributed by atoms with Gasteiger partial charge < -0.3 is 4.98 Å². The Kier molecular flexibility index (Phi) is 4.09. The smallest absolute Gasteiger partial charge is 0.305 e. The molecule has 0 aromatic carbocycles. The number of pyridine rings is 1. The van der Waals surface area contributed by atoms with Crippen molar-refractivity contribution in [2.75, 3.05) is 0 Å². The van der Waals surface area contributed by atoms with E-state index in [0.29, 0.717) is 10.2 Å². The highest BCUT2D eigenvalue weighted by atomic mass is 32.1. The van der Waals surface area contributed by atoms with Crippen molar-refractivity contribution in [3.63, 3.8) is 0 Å². The molecule has 1 unspecified atom stereocenters. The average Bonchev–Trinajstić information content (AvgIpc) is 2.96. The van der Waals surface area contributed by atoms with Gasteiger partial charge >= 0.3 is 5.69 Å².